The first kappa shape index (κ1) is 25.3. The summed E-state index contributed by atoms with van der Waals surface area (Å²) >= 11 is 0. The molecule has 0 radical (unpaired) electrons. The van der Waals surface area contributed by atoms with Crippen molar-refractivity contribution in [1.29, 1.82) is 0 Å². The summed E-state index contributed by atoms with van der Waals surface area (Å²) in [5, 5.41) is 12.9. The van der Waals surface area contributed by atoms with Crippen molar-refractivity contribution in [3.8, 4) is 0 Å². The number of H-pyrrole nitrogens is 1. The molecule has 1 fully saturated rings. The van der Waals surface area contributed by atoms with Crippen molar-refractivity contribution >= 4 is 26.8 Å². The van der Waals surface area contributed by atoms with E-state index in [2.05, 4.69) is 15.0 Å². The molecule has 1 amide bonds. The Morgan fingerprint density at radius 2 is 1.83 bits per heavy atom. The number of aliphatic hydroxyl groups excluding tert-OH is 1. The van der Waals surface area contributed by atoms with Gasteiger partial charge < -0.3 is 15.4 Å². The number of amides is 1. The van der Waals surface area contributed by atoms with Gasteiger partial charge in [-0.2, -0.15) is 0 Å². The monoisotopic (exact) mass is 501 g/mol. The molecule has 1 aliphatic carbocycles. The van der Waals surface area contributed by atoms with Crippen molar-refractivity contribution in [2.75, 3.05) is 6.61 Å². The molecule has 1 aliphatic rings. The molecule has 7 nitrogen and oxygen atoms in total. The van der Waals surface area contributed by atoms with Crippen LogP contribution in [0.3, 0.4) is 0 Å². The quantitative estimate of drug-likeness (QED) is 0.356. The minimum atomic E-state index is -3.70. The SMILES string of the molecule is C[C@@H](NC(=O)[C@H]1CC[C@H](NS(=O)(=O)c2ccc3cc(CCCO)[nH]c3c2)CC1)c1ccc(F)cc1. The van der Waals surface area contributed by atoms with Crippen LogP contribution in [0.1, 0.15) is 56.3 Å². The van der Waals surface area contributed by atoms with E-state index >= 15 is 0 Å². The number of hydrogen-bond acceptors (Lipinski definition) is 4. The lowest BCUT2D eigenvalue weighted by molar-refractivity contribution is -0.126. The largest absolute Gasteiger partial charge is 0.396 e. The van der Waals surface area contributed by atoms with Crippen molar-refractivity contribution in [2.24, 2.45) is 5.92 Å². The van der Waals surface area contributed by atoms with Crippen LogP contribution in [0.15, 0.2) is 53.4 Å². The van der Waals surface area contributed by atoms with Crippen molar-refractivity contribution in [2.45, 2.75) is 62.4 Å². The summed E-state index contributed by atoms with van der Waals surface area (Å²) in [4.78, 5) is 16.1. The van der Waals surface area contributed by atoms with Crippen molar-refractivity contribution in [3.05, 3.63) is 65.6 Å². The second-order valence-electron chi connectivity index (χ2n) is 9.32. The Morgan fingerprint density at radius 3 is 2.51 bits per heavy atom. The van der Waals surface area contributed by atoms with Gasteiger partial charge in [-0.05, 0) is 86.7 Å². The highest BCUT2D eigenvalue weighted by Crippen LogP contribution is 2.27. The van der Waals surface area contributed by atoms with Crippen molar-refractivity contribution in [1.82, 2.24) is 15.0 Å². The maximum atomic E-state index is 13.1. The molecule has 0 saturated heterocycles. The van der Waals surface area contributed by atoms with Gasteiger partial charge in [-0.3, -0.25) is 4.79 Å². The standard InChI is InChI=1S/C26H32FN3O4S/c1-17(18-4-9-21(27)10-5-18)28-26(32)19-6-11-22(12-7-19)30-35(33,34)24-13-8-20-15-23(3-2-14-31)29-25(20)16-24/h4-5,8-10,13,15-17,19,22,29-31H,2-3,6-7,11-12,14H2,1H3,(H,28,32)/t17-,19-,22-/m1/s1. The van der Waals surface area contributed by atoms with E-state index in [0.717, 1.165) is 22.2 Å². The smallest absolute Gasteiger partial charge is 0.240 e. The summed E-state index contributed by atoms with van der Waals surface area (Å²) < 4.78 is 41.9. The topological polar surface area (TPSA) is 111 Å². The van der Waals surface area contributed by atoms with E-state index in [4.69, 9.17) is 5.11 Å². The summed E-state index contributed by atoms with van der Waals surface area (Å²) in [6.45, 7) is 1.97. The number of aromatic amines is 1. The second kappa shape index (κ2) is 10.9. The number of rotatable bonds is 9. The summed E-state index contributed by atoms with van der Waals surface area (Å²) in [5.74, 6) is -0.549. The van der Waals surface area contributed by atoms with Gasteiger partial charge in [0.25, 0.3) is 0 Å². The Labute approximate surface area is 205 Å². The number of nitrogens with one attached hydrogen (secondary N) is 3. The molecule has 1 aromatic heterocycles. The molecule has 0 aliphatic heterocycles. The molecule has 1 saturated carbocycles. The predicted octanol–water partition coefficient (Wildman–Crippen LogP) is 3.95. The Balaban J connectivity index is 1.32. The van der Waals surface area contributed by atoms with Crippen LogP contribution in [0, 0.1) is 11.7 Å². The predicted molar refractivity (Wildman–Crippen MR) is 133 cm³/mol. The van der Waals surface area contributed by atoms with Crippen LogP contribution in [0.4, 0.5) is 4.39 Å². The molecule has 1 heterocycles. The Morgan fingerprint density at radius 1 is 1.11 bits per heavy atom. The molecular weight excluding hydrogens is 469 g/mol. The molecule has 4 N–H and O–H groups in total. The number of benzene rings is 2. The molecule has 0 spiro atoms. The van der Waals surface area contributed by atoms with Crippen LogP contribution in [0.25, 0.3) is 10.9 Å². The zero-order valence-corrected chi connectivity index (χ0v) is 20.6. The molecule has 4 rings (SSSR count). The first-order chi connectivity index (χ1) is 16.7. The number of halogens is 1. The number of aromatic nitrogens is 1. The third kappa shape index (κ3) is 6.28. The number of aryl methyl sites for hydroxylation is 1. The number of carbonyl (C=O) groups is 1. The van der Waals surface area contributed by atoms with Gasteiger partial charge >= 0.3 is 0 Å². The average molecular weight is 502 g/mol. The third-order valence-corrected chi connectivity index (χ3v) is 8.23. The normalized spacial score (nSPS) is 19.5. The van der Waals surface area contributed by atoms with E-state index in [9.17, 15) is 17.6 Å². The average Bonchev–Trinajstić information content (AvgIpc) is 3.25. The number of carbonyl (C=O) groups excluding carboxylic acids is 1. The van der Waals surface area contributed by atoms with Crippen molar-refractivity contribution in [3.63, 3.8) is 0 Å². The van der Waals surface area contributed by atoms with Crippen LogP contribution in [-0.4, -0.2) is 37.1 Å². The lowest BCUT2D eigenvalue weighted by Crippen LogP contribution is -2.41. The molecule has 2 aromatic carbocycles. The number of sulfonamides is 1. The molecular formula is C26H32FN3O4S. The highest BCUT2D eigenvalue weighted by Gasteiger charge is 2.30. The maximum absolute atomic E-state index is 13.1. The van der Waals surface area contributed by atoms with E-state index < -0.39 is 10.0 Å². The number of fused-ring (bicyclic) bond motifs is 1. The van der Waals surface area contributed by atoms with E-state index in [0.29, 0.717) is 38.5 Å². The van der Waals surface area contributed by atoms with Crippen LogP contribution in [-0.2, 0) is 21.2 Å². The van der Waals surface area contributed by atoms with Crippen molar-refractivity contribution < 1.29 is 22.7 Å². The highest BCUT2D eigenvalue weighted by atomic mass is 32.2. The Bertz CT molecular complexity index is 1270. The van der Waals surface area contributed by atoms with Crippen LogP contribution < -0.4 is 10.0 Å². The van der Waals surface area contributed by atoms with Gasteiger partial charge in [0, 0.05) is 29.8 Å². The van der Waals surface area contributed by atoms with Gasteiger partial charge in [0.2, 0.25) is 15.9 Å². The Hall–Kier alpha value is -2.75. The lowest BCUT2D eigenvalue weighted by atomic mass is 9.85. The fraction of sp³-hybridized carbons (Fsp3) is 0.423. The molecule has 0 unspecified atom stereocenters. The minimum absolute atomic E-state index is 0.0580. The molecule has 3 aromatic rings. The zero-order valence-electron chi connectivity index (χ0n) is 19.8. The molecule has 0 bridgehead atoms. The van der Waals surface area contributed by atoms with Gasteiger partial charge in [0.1, 0.15) is 5.82 Å². The van der Waals surface area contributed by atoms with Crippen LogP contribution >= 0.6 is 0 Å². The summed E-state index contributed by atoms with van der Waals surface area (Å²) in [6.07, 6.45) is 3.70. The van der Waals surface area contributed by atoms with Crippen LogP contribution in [0.2, 0.25) is 0 Å². The second-order valence-corrected chi connectivity index (χ2v) is 11.0. The fourth-order valence-corrected chi connectivity index (χ4v) is 6.00. The molecule has 188 valence electrons. The first-order valence-corrected chi connectivity index (χ1v) is 13.5. The van der Waals surface area contributed by atoms with Gasteiger partial charge in [-0.1, -0.05) is 18.2 Å². The Kier molecular flexibility index (Phi) is 7.88. The van der Waals surface area contributed by atoms with Gasteiger partial charge in [-0.25, -0.2) is 17.5 Å². The summed E-state index contributed by atoms with van der Waals surface area (Å²) in [5.41, 5.74) is 2.54. The zero-order chi connectivity index (χ0) is 25.0. The van der Waals surface area contributed by atoms with Crippen LogP contribution in [0.5, 0.6) is 0 Å². The minimum Gasteiger partial charge on any atom is -0.396 e. The van der Waals surface area contributed by atoms with E-state index in [1.807, 2.05) is 13.0 Å². The highest BCUT2D eigenvalue weighted by molar-refractivity contribution is 7.89. The maximum Gasteiger partial charge on any atom is 0.240 e. The number of aliphatic hydroxyl groups is 1. The molecule has 35 heavy (non-hydrogen) atoms. The van der Waals surface area contributed by atoms with E-state index in [1.165, 1.54) is 12.1 Å². The lowest BCUT2D eigenvalue weighted by Gasteiger charge is -2.29. The fourth-order valence-electron chi connectivity index (χ4n) is 4.66. The van der Waals surface area contributed by atoms with E-state index in [1.54, 1.807) is 30.3 Å². The first-order valence-electron chi connectivity index (χ1n) is 12.1. The van der Waals surface area contributed by atoms with Gasteiger partial charge in [-0.15, -0.1) is 0 Å². The third-order valence-electron chi connectivity index (χ3n) is 6.71. The van der Waals surface area contributed by atoms with E-state index in [-0.39, 0.29) is 41.2 Å². The summed E-state index contributed by atoms with van der Waals surface area (Å²) in [7, 11) is -3.70. The molecule has 1 atom stereocenters. The summed E-state index contributed by atoms with van der Waals surface area (Å²) in [6, 6.07) is 12.6. The van der Waals surface area contributed by atoms with Gasteiger partial charge in [0.05, 0.1) is 10.9 Å². The molecule has 9 heteroatoms. The van der Waals surface area contributed by atoms with Gasteiger partial charge in [0.15, 0.2) is 0 Å². The number of hydrogen-bond donors (Lipinski definition) is 4.